The van der Waals surface area contributed by atoms with Crippen molar-refractivity contribution in [3.05, 3.63) is 33.4 Å². The Morgan fingerprint density at radius 2 is 2.27 bits per heavy atom. The summed E-state index contributed by atoms with van der Waals surface area (Å²) in [5, 5.41) is 0. The summed E-state index contributed by atoms with van der Waals surface area (Å²) in [4.78, 5) is 0. The van der Waals surface area contributed by atoms with E-state index in [1.54, 1.807) is 0 Å². The fraction of sp³-hybridized carbons (Fsp3) is 0.333. The molecule has 0 nitrogen and oxygen atoms in total. The van der Waals surface area contributed by atoms with Crippen LogP contribution in [0, 0.1) is 3.57 Å². The van der Waals surface area contributed by atoms with E-state index in [1.165, 1.54) is 14.9 Å². The van der Waals surface area contributed by atoms with Gasteiger partial charge in [0, 0.05) is 9.32 Å². The molecule has 11 heavy (non-hydrogen) atoms. The Kier molecular flexibility index (Phi) is 4.30. The van der Waals surface area contributed by atoms with Crippen LogP contribution in [0.4, 0.5) is 0 Å². The lowest BCUT2D eigenvalue weighted by molar-refractivity contribution is 1.38. The second-order valence-electron chi connectivity index (χ2n) is 2.27. The SMILES string of the molecule is CCSCc1cccc(I)c1. The number of hydrogen-bond acceptors (Lipinski definition) is 1. The molecule has 2 heteroatoms. The van der Waals surface area contributed by atoms with Gasteiger partial charge < -0.3 is 0 Å². The summed E-state index contributed by atoms with van der Waals surface area (Å²) < 4.78 is 1.33. The van der Waals surface area contributed by atoms with E-state index in [-0.39, 0.29) is 0 Å². The molecule has 0 heterocycles. The normalized spacial score (nSPS) is 10.0. The summed E-state index contributed by atoms with van der Waals surface area (Å²) in [5.74, 6) is 2.35. The second-order valence-corrected chi connectivity index (χ2v) is 4.79. The van der Waals surface area contributed by atoms with Gasteiger partial charge in [-0.1, -0.05) is 19.1 Å². The number of hydrogen-bond donors (Lipinski definition) is 0. The van der Waals surface area contributed by atoms with Crippen molar-refractivity contribution in [3.8, 4) is 0 Å². The Morgan fingerprint density at radius 3 is 2.91 bits per heavy atom. The molecule has 0 aliphatic rings. The molecule has 0 radical (unpaired) electrons. The minimum Gasteiger partial charge on any atom is -0.157 e. The fourth-order valence-electron chi connectivity index (χ4n) is 0.847. The van der Waals surface area contributed by atoms with Gasteiger partial charge in [0.2, 0.25) is 0 Å². The summed E-state index contributed by atoms with van der Waals surface area (Å²) in [7, 11) is 0. The predicted molar refractivity (Wildman–Crippen MR) is 61.0 cm³/mol. The van der Waals surface area contributed by atoms with Gasteiger partial charge in [-0.25, -0.2) is 0 Å². The van der Waals surface area contributed by atoms with Gasteiger partial charge in [0.15, 0.2) is 0 Å². The third kappa shape index (κ3) is 3.47. The summed E-state index contributed by atoms with van der Waals surface area (Å²) in [6.07, 6.45) is 0. The van der Waals surface area contributed by atoms with E-state index in [0.29, 0.717) is 0 Å². The highest BCUT2D eigenvalue weighted by Crippen LogP contribution is 2.14. The van der Waals surface area contributed by atoms with E-state index in [2.05, 4.69) is 53.8 Å². The van der Waals surface area contributed by atoms with E-state index < -0.39 is 0 Å². The molecule has 0 spiro atoms. The van der Waals surface area contributed by atoms with Crippen molar-refractivity contribution < 1.29 is 0 Å². The van der Waals surface area contributed by atoms with Crippen molar-refractivity contribution in [2.45, 2.75) is 12.7 Å². The Morgan fingerprint density at radius 1 is 1.45 bits per heavy atom. The smallest absolute Gasteiger partial charge is 0.0184 e. The zero-order chi connectivity index (χ0) is 8.10. The molecule has 0 aliphatic carbocycles. The molecule has 0 fully saturated rings. The monoisotopic (exact) mass is 278 g/mol. The first-order valence-electron chi connectivity index (χ1n) is 3.65. The van der Waals surface area contributed by atoms with Crippen LogP contribution in [0.1, 0.15) is 12.5 Å². The van der Waals surface area contributed by atoms with Crippen LogP contribution in [0.2, 0.25) is 0 Å². The molecule has 0 atom stereocenters. The molecular weight excluding hydrogens is 267 g/mol. The first kappa shape index (κ1) is 9.39. The van der Waals surface area contributed by atoms with Crippen molar-refractivity contribution in [3.63, 3.8) is 0 Å². The highest BCUT2D eigenvalue weighted by atomic mass is 127. The molecule has 1 aromatic carbocycles. The average molecular weight is 278 g/mol. The maximum atomic E-state index is 2.35. The molecule has 60 valence electrons. The third-order valence-electron chi connectivity index (χ3n) is 1.36. The number of halogens is 1. The van der Waals surface area contributed by atoms with Crippen molar-refractivity contribution in [2.75, 3.05) is 5.75 Å². The lowest BCUT2D eigenvalue weighted by atomic mass is 10.2. The van der Waals surface area contributed by atoms with E-state index in [9.17, 15) is 0 Å². The number of rotatable bonds is 3. The highest BCUT2D eigenvalue weighted by molar-refractivity contribution is 14.1. The highest BCUT2D eigenvalue weighted by Gasteiger charge is 1.91. The van der Waals surface area contributed by atoms with Gasteiger partial charge in [-0.2, -0.15) is 11.8 Å². The minimum atomic E-state index is 1.15. The predicted octanol–water partition coefficient (Wildman–Crippen LogP) is 3.54. The lowest BCUT2D eigenvalue weighted by Gasteiger charge is -1.98. The fourth-order valence-corrected chi connectivity index (χ4v) is 2.07. The second kappa shape index (κ2) is 5.04. The Bertz CT molecular complexity index is 223. The van der Waals surface area contributed by atoms with E-state index in [4.69, 9.17) is 0 Å². The van der Waals surface area contributed by atoms with Gasteiger partial charge in [-0.05, 0) is 46.0 Å². The van der Waals surface area contributed by atoms with Crippen LogP contribution < -0.4 is 0 Å². The molecule has 1 rings (SSSR count). The topological polar surface area (TPSA) is 0 Å². The molecule has 0 N–H and O–H groups in total. The van der Waals surface area contributed by atoms with Crippen LogP contribution in [0.15, 0.2) is 24.3 Å². The van der Waals surface area contributed by atoms with Crippen molar-refractivity contribution in [1.29, 1.82) is 0 Å². The summed E-state index contributed by atoms with van der Waals surface area (Å²) >= 11 is 4.31. The summed E-state index contributed by atoms with van der Waals surface area (Å²) in [6, 6.07) is 8.67. The summed E-state index contributed by atoms with van der Waals surface area (Å²) in [6.45, 7) is 2.19. The van der Waals surface area contributed by atoms with E-state index in [1.807, 2.05) is 11.8 Å². The van der Waals surface area contributed by atoms with Crippen molar-refractivity contribution in [1.82, 2.24) is 0 Å². The van der Waals surface area contributed by atoms with Gasteiger partial charge in [0.1, 0.15) is 0 Å². The van der Waals surface area contributed by atoms with Crippen LogP contribution >= 0.6 is 34.4 Å². The van der Waals surface area contributed by atoms with Crippen LogP contribution in [0.3, 0.4) is 0 Å². The van der Waals surface area contributed by atoms with Crippen LogP contribution in [0.5, 0.6) is 0 Å². The van der Waals surface area contributed by atoms with Gasteiger partial charge in [-0.3, -0.25) is 0 Å². The van der Waals surface area contributed by atoms with Gasteiger partial charge in [-0.15, -0.1) is 0 Å². The van der Waals surface area contributed by atoms with E-state index in [0.717, 1.165) is 5.75 Å². The molecule has 0 aromatic heterocycles. The van der Waals surface area contributed by atoms with Crippen LogP contribution in [0.25, 0.3) is 0 Å². The molecular formula is C9H11IS. The molecule has 0 saturated heterocycles. The minimum absolute atomic E-state index is 1.15. The zero-order valence-corrected chi connectivity index (χ0v) is 9.48. The maximum absolute atomic E-state index is 2.35. The number of thioether (sulfide) groups is 1. The molecule has 0 bridgehead atoms. The first-order chi connectivity index (χ1) is 5.33. The Labute approximate surface area is 85.9 Å². The molecule has 0 saturated carbocycles. The Hall–Kier alpha value is 0.300. The molecule has 0 amide bonds. The standard InChI is InChI=1S/C9H11IS/c1-2-11-7-8-4-3-5-9(10)6-8/h3-6H,2,7H2,1H3. The van der Waals surface area contributed by atoms with Crippen LogP contribution in [-0.4, -0.2) is 5.75 Å². The quantitative estimate of drug-likeness (QED) is 0.762. The first-order valence-corrected chi connectivity index (χ1v) is 5.88. The number of benzene rings is 1. The zero-order valence-electron chi connectivity index (χ0n) is 6.51. The molecule has 0 aliphatic heterocycles. The molecule has 1 aromatic rings. The van der Waals surface area contributed by atoms with E-state index >= 15 is 0 Å². The largest absolute Gasteiger partial charge is 0.157 e. The maximum Gasteiger partial charge on any atom is 0.0184 e. The van der Waals surface area contributed by atoms with Crippen molar-refractivity contribution in [2.24, 2.45) is 0 Å². The van der Waals surface area contributed by atoms with Crippen LogP contribution in [-0.2, 0) is 5.75 Å². The van der Waals surface area contributed by atoms with Gasteiger partial charge >= 0.3 is 0 Å². The molecule has 0 unspecified atom stereocenters. The lowest BCUT2D eigenvalue weighted by Crippen LogP contribution is -1.81. The summed E-state index contributed by atoms with van der Waals surface area (Å²) in [5.41, 5.74) is 1.43. The third-order valence-corrected chi connectivity index (χ3v) is 2.98. The Balaban J connectivity index is 2.56. The van der Waals surface area contributed by atoms with Gasteiger partial charge in [0.25, 0.3) is 0 Å². The van der Waals surface area contributed by atoms with Gasteiger partial charge in [0.05, 0.1) is 0 Å². The van der Waals surface area contributed by atoms with Crippen molar-refractivity contribution >= 4 is 34.4 Å². The average Bonchev–Trinajstić information content (AvgIpc) is 2.01.